The Hall–Kier alpha value is -2.62. The summed E-state index contributed by atoms with van der Waals surface area (Å²) in [5, 5.41) is 1.03. The second-order valence-corrected chi connectivity index (χ2v) is 6.46. The van der Waals surface area contributed by atoms with Crippen molar-refractivity contribution in [2.24, 2.45) is 7.05 Å². The van der Waals surface area contributed by atoms with E-state index in [4.69, 9.17) is 0 Å². The van der Waals surface area contributed by atoms with Gasteiger partial charge in [0.15, 0.2) is 0 Å². The number of pyridine rings is 1. The molecular formula is C20H21N3O. The number of piperidine rings is 1. The molecular weight excluding hydrogens is 298 g/mol. The summed E-state index contributed by atoms with van der Waals surface area (Å²) in [5.41, 5.74) is 3.02. The fourth-order valence-electron chi connectivity index (χ4n) is 3.74. The molecule has 0 unspecified atom stereocenters. The Morgan fingerprint density at radius 1 is 1.17 bits per heavy atom. The van der Waals surface area contributed by atoms with Crippen molar-refractivity contribution in [3.63, 3.8) is 0 Å². The van der Waals surface area contributed by atoms with E-state index in [1.807, 2.05) is 48.6 Å². The van der Waals surface area contributed by atoms with Gasteiger partial charge in [-0.2, -0.15) is 0 Å². The smallest absolute Gasteiger partial charge is 0.255 e. The summed E-state index contributed by atoms with van der Waals surface area (Å²) in [6.07, 6.45) is 8.90. The molecule has 122 valence electrons. The van der Waals surface area contributed by atoms with Crippen LogP contribution in [0, 0.1) is 0 Å². The number of fused-ring (bicyclic) bond motifs is 1. The summed E-state index contributed by atoms with van der Waals surface area (Å²) in [4.78, 5) is 19.6. The minimum Gasteiger partial charge on any atom is -0.351 e. The Balaban J connectivity index is 1.73. The maximum Gasteiger partial charge on any atom is 0.255 e. The summed E-state index contributed by atoms with van der Waals surface area (Å²) in [7, 11) is 2.01. The van der Waals surface area contributed by atoms with E-state index in [1.165, 1.54) is 0 Å². The summed E-state index contributed by atoms with van der Waals surface area (Å²) < 4.78 is 2.06. The maximum absolute atomic E-state index is 13.3. The van der Waals surface area contributed by atoms with Crippen LogP contribution in [0.4, 0.5) is 0 Å². The van der Waals surface area contributed by atoms with Gasteiger partial charge in [-0.3, -0.25) is 9.78 Å². The summed E-state index contributed by atoms with van der Waals surface area (Å²) >= 11 is 0. The summed E-state index contributed by atoms with van der Waals surface area (Å²) in [6, 6.07) is 12.2. The molecule has 24 heavy (non-hydrogen) atoms. The Morgan fingerprint density at radius 3 is 2.92 bits per heavy atom. The third-order valence-corrected chi connectivity index (χ3v) is 4.99. The lowest BCUT2D eigenvalue weighted by atomic mass is 9.95. The SMILES string of the molecule is Cn1ccc2c(C(=O)N3CCCC[C@H]3c3cccnc3)cccc21. The molecule has 0 spiro atoms. The Labute approximate surface area is 141 Å². The topological polar surface area (TPSA) is 38.1 Å². The van der Waals surface area contributed by atoms with E-state index in [0.717, 1.165) is 47.8 Å². The molecule has 0 radical (unpaired) electrons. The molecule has 1 aliphatic rings. The highest BCUT2D eigenvalue weighted by Crippen LogP contribution is 2.33. The molecule has 3 heterocycles. The van der Waals surface area contributed by atoms with Gasteiger partial charge in [0, 0.05) is 48.6 Å². The Kier molecular flexibility index (Phi) is 3.81. The predicted octanol–water partition coefficient (Wildman–Crippen LogP) is 3.94. The number of aromatic nitrogens is 2. The van der Waals surface area contributed by atoms with Gasteiger partial charge in [-0.1, -0.05) is 12.1 Å². The molecule has 3 aromatic rings. The minimum absolute atomic E-state index is 0.124. The molecule has 1 saturated heterocycles. The molecule has 0 saturated carbocycles. The minimum atomic E-state index is 0.124. The van der Waals surface area contributed by atoms with E-state index < -0.39 is 0 Å². The largest absolute Gasteiger partial charge is 0.351 e. The van der Waals surface area contributed by atoms with Crippen molar-refractivity contribution in [1.82, 2.24) is 14.5 Å². The zero-order chi connectivity index (χ0) is 16.5. The number of aryl methyl sites for hydroxylation is 1. The molecule has 1 fully saturated rings. The van der Waals surface area contributed by atoms with Gasteiger partial charge in [0.05, 0.1) is 6.04 Å². The highest BCUT2D eigenvalue weighted by molar-refractivity contribution is 6.06. The number of rotatable bonds is 2. The van der Waals surface area contributed by atoms with Crippen molar-refractivity contribution >= 4 is 16.8 Å². The molecule has 4 nitrogen and oxygen atoms in total. The van der Waals surface area contributed by atoms with Crippen LogP contribution in [0.5, 0.6) is 0 Å². The van der Waals surface area contributed by atoms with Gasteiger partial charge in [-0.25, -0.2) is 0 Å². The number of nitrogens with zero attached hydrogens (tertiary/aromatic N) is 3. The average molecular weight is 319 g/mol. The zero-order valence-electron chi connectivity index (χ0n) is 13.9. The Morgan fingerprint density at radius 2 is 2.08 bits per heavy atom. The molecule has 4 heteroatoms. The van der Waals surface area contributed by atoms with Crippen LogP contribution in [0.25, 0.3) is 10.9 Å². The number of likely N-dealkylation sites (tertiary alicyclic amines) is 1. The van der Waals surface area contributed by atoms with Crippen molar-refractivity contribution in [3.05, 3.63) is 66.1 Å². The lowest BCUT2D eigenvalue weighted by Crippen LogP contribution is -2.38. The van der Waals surface area contributed by atoms with E-state index in [-0.39, 0.29) is 11.9 Å². The quantitative estimate of drug-likeness (QED) is 0.717. The van der Waals surface area contributed by atoms with Crippen LogP contribution in [0.2, 0.25) is 0 Å². The van der Waals surface area contributed by atoms with Crippen molar-refractivity contribution in [1.29, 1.82) is 0 Å². The first-order chi connectivity index (χ1) is 11.8. The van der Waals surface area contributed by atoms with Gasteiger partial charge >= 0.3 is 0 Å². The van der Waals surface area contributed by atoms with E-state index in [0.29, 0.717) is 0 Å². The van der Waals surface area contributed by atoms with E-state index in [2.05, 4.69) is 21.7 Å². The second-order valence-electron chi connectivity index (χ2n) is 6.46. The van der Waals surface area contributed by atoms with Crippen LogP contribution in [0.3, 0.4) is 0 Å². The van der Waals surface area contributed by atoms with Crippen LogP contribution in [0.15, 0.2) is 55.0 Å². The molecule has 1 amide bonds. The lowest BCUT2D eigenvalue weighted by molar-refractivity contribution is 0.0613. The average Bonchev–Trinajstić information content (AvgIpc) is 3.03. The number of hydrogen-bond donors (Lipinski definition) is 0. The Bertz CT molecular complexity index is 869. The monoisotopic (exact) mass is 319 g/mol. The molecule has 1 aromatic carbocycles. The van der Waals surface area contributed by atoms with E-state index in [1.54, 1.807) is 6.20 Å². The first-order valence-corrected chi connectivity index (χ1v) is 8.50. The fourth-order valence-corrected chi connectivity index (χ4v) is 3.74. The van der Waals surface area contributed by atoms with Gasteiger partial charge < -0.3 is 9.47 Å². The van der Waals surface area contributed by atoms with Gasteiger partial charge in [0.25, 0.3) is 5.91 Å². The third kappa shape index (κ3) is 2.48. The molecule has 1 aliphatic heterocycles. The first-order valence-electron chi connectivity index (χ1n) is 8.50. The maximum atomic E-state index is 13.3. The standard InChI is InChI=1S/C20H21N3O/c1-22-13-10-16-17(7-4-9-19(16)22)20(24)23-12-3-2-8-18(23)15-6-5-11-21-14-15/h4-7,9-11,13-14,18H,2-3,8,12H2,1H3/t18-/m0/s1. The van der Waals surface area contributed by atoms with Gasteiger partial charge in [0.1, 0.15) is 0 Å². The molecule has 4 rings (SSSR count). The van der Waals surface area contributed by atoms with E-state index >= 15 is 0 Å². The number of carbonyl (C=O) groups excluding carboxylic acids is 1. The van der Waals surface area contributed by atoms with Crippen LogP contribution >= 0.6 is 0 Å². The second kappa shape index (κ2) is 6.11. The molecule has 0 N–H and O–H groups in total. The first kappa shape index (κ1) is 14.9. The van der Waals surface area contributed by atoms with Crippen LogP contribution < -0.4 is 0 Å². The van der Waals surface area contributed by atoms with Gasteiger partial charge in [0.2, 0.25) is 0 Å². The van der Waals surface area contributed by atoms with Crippen LogP contribution in [-0.4, -0.2) is 26.9 Å². The number of hydrogen-bond acceptors (Lipinski definition) is 2. The van der Waals surface area contributed by atoms with Crippen LogP contribution in [0.1, 0.15) is 41.2 Å². The third-order valence-electron chi connectivity index (χ3n) is 4.99. The van der Waals surface area contributed by atoms with Crippen molar-refractivity contribution < 1.29 is 4.79 Å². The van der Waals surface area contributed by atoms with Crippen molar-refractivity contribution in [2.75, 3.05) is 6.54 Å². The number of amides is 1. The molecule has 1 atom stereocenters. The highest BCUT2D eigenvalue weighted by atomic mass is 16.2. The van der Waals surface area contributed by atoms with E-state index in [9.17, 15) is 4.79 Å². The van der Waals surface area contributed by atoms with Crippen molar-refractivity contribution in [2.45, 2.75) is 25.3 Å². The van der Waals surface area contributed by atoms with Gasteiger partial charge in [-0.05, 0) is 49.1 Å². The van der Waals surface area contributed by atoms with Crippen molar-refractivity contribution in [3.8, 4) is 0 Å². The highest BCUT2D eigenvalue weighted by Gasteiger charge is 2.29. The molecule has 0 bridgehead atoms. The summed E-state index contributed by atoms with van der Waals surface area (Å²) in [5.74, 6) is 0.125. The summed E-state index contributed by atoms with van der Waals surface area (Å²) in [6.45, 7) is 0.807. The predicted molar refractivity (Wildman–Crippen MR) is 94.8 cm³/mol. The molecule has 2 aromatic heterocycles. The normalized spacial score (nSPS) is 18.0. The van der Waals surface area contributed by atoms with Crippen LogP contribution in [-0.2, 0) is 7.05 Å². The lowest BCUT2D eigenvalue weighted by Gasteiger charge is -2.36. The molecule has 0 aliphatic carbocycles. The zero-order valence-corrected chi connectivity index (χ0v) is 13.9. The number of benzene rings is 1. The fraction of sp³-hybridized carbons (Fsp3) is 0.300. The van der Waals surface area contributed by atoms with Gasteiger partial charge in [-0.15, -0.1) is 0 Å². The number of carbonyl (C=O) groups is 1.